The average Bonchev–Trinajstić information content (AvgIpc) is 2.65. The minimum absolute atomic E-state index is 0.0288. The molecule has 430 valence electrons. The van der Waals surface area contributed by atoms with Crippen molar-refractivity contribution in [1.82, 2.24) is 0 Å². The van der Waals surface area contributed by atoms with Crippen LogP contribution in [0.25, 0.3) is 75.4 Å². The number of ether oxygens (including phenoxy) is 4. The first-order valence-electron chi connectivity index (χ1n) is 31.7. The monoisotopic (exact) mass is 1120 g/mol. The van der Waals surface area contributed by atoms with Crippen LogP contribution in [0.1, 0.15) is 129 Å². The van der Waals surface area contributed by atoms with Crippen LogP contribution < -0.4 is 0 Å². The van der Waals surface area contributed by atoms with E-state index in [2.05, 4.69) is 146 Å². The predicted octanol–water partition coefficient (Wildman–Crippen LogP) is 17.9. The fourth-order valence-corrected chi connectivity index (χ4v) is 17.0. The molecule has 8 nitrogen and oxygen atoms in total. The van der Waals surface area contributed by atoms with Crippen LogP contribution >= 0.6 is 0 Å². The first kappa shape index (κ1) is 54.6. The number of benzene rings is 9. The van der Waals surface area contributed by atoms with Crippen LogP contribution in [0.2, 0.25) is 0 Å². The summed E-state index contributed by atoms with van der Waals surface area (Å²) in [6.45, 7) is 12.0. The normalized spacial score (nSPS) is 27.8. The molecular weight excluding hydrogens is 1040 g/mol. The summed E-state index contributed by atoms with van der Waals surface area (Å²) in [5, 5.41) is 17.1. The number of rotatable bonds is 12. The predicted molar refractivity (Wildman–Crippen MR) is 335 cm³/mol. The largest absolute Gasteiger partial charge is 0.462 e. The zero-order valence-electron chi connectivity index (χ0n) is 49.4. The highest BCUT2D eigenvalue weighted by atomic mass is 16.6. The van der Waals surface area contributed by atoms with Crippen LogP contribution in [0.4, 0.5) is 0 Å². The van der Waals surface area contributed by atoms with Gasteiger partial charge in [0.2, 0.25) is 0 Å². The Morgan fingerprint density at radius 2 is 0.595 bits per heavy atom. The Labute approximate surface area is 492 Å². The molecule has 84 heavy (non-hydrogen) atoms. The van der Waals surface area contributed by atoms with Crippen molar-refractivity contribution in [2.75, 3.05) is 0 Å². The summed E-state index contributed by atoms with van der Waals surface area (Å²) in [5.41, 5.74) is 2.06. The van der Waals surface area contributed by atoms with Crippen LogP contribution in [-0.2, 0) is 38.1 Å². The van der Waals surface area contributed by atoms with E-state index in [1.54, 1.807) is 0 Å². The minimum atomic E-state index is -0.313. The number of carbonyl (C=O) groups is 4. The molecule has 0 radical (unpaired) electrons. The Morgan fingerprint density at radius 1 is 0.345 bits per heavy atom. The van der Waals surface area contributed by atoms with E-state index >= 15 is 0 Å². The van der Waals surface area contributed by atoms with Crippen molar-refractivity contribution < 1.29 is 38.1 Å². The van der Waals surface area contributed by atoms with E-state index in [4.69, 9.17) is 18.9 Å². The standard InChI is InChI=1S/C40H40O4.C36H38O4/c1-4-22(2)39(41)44-38-35-18-33-19-36(38)21-34(20-35)37(33)40(42)43-23(3)24-9-10-27-14-31-16-29-12-25-7-5-6-8-26(25)13-30(29)17-32(31)15-28(27)11-24;1-4-20(2)35(37)40-34-31-16-29-17-32(34)19-30(18-31)33(29)36(38)39-21(3)22-9-10-25-14-27-12-23-7-5-6-8-24(23)13-28(27)15-26(25)11-22/h5-17,22-23,33-38H,4,18-21H2,1-3H3;5-15,20-21,29-34H,4,16-19H2,1-3H3. The molecule has 9 aromatic rings. The van der Waals surface area contributed by atoms with Gasteiger partial charge in [0.15, 0.2) is 0 Å². The molecular formula is C76H78O8. The first-order chi connectivity index (χ1) is 40.7. The molecule has 0 saturated heterocycles. The number of esters is 4. The molecule has 8 saturated carbocycles. The van der Waals surface area contributed by atoms with Crippen LogP contribution in [0, 0.1) is 71.0 Å². The van der Waals surface area contributed by atoms with Crippen LogP contribution in [0.15, 0.2) is 146 Å². The van der Waals surface area contributed by atoms with Gasteiger partial charge in [0.05, 0.1) is 23.7 Å². The molecule has 8 heteroatoms. The number of carbonyl (C=O) groups excluding carboxylic acids is 4. The average molecular weight is 1120 g/mol. The Kier molecular flexibility index (Phi) is 14.3. The molecule has 0 aliphatic heterocycles. The molecule has 8 bridgehead atoms. The highest BCUT2D eigenvalue weighted by Gasteiger charge is 2.58. The van der Waals surface area contributed by atoms with Crippen LogP contribution in [0.3, 0.4) is 0 Å². The lowest BCUT2D eigenvalue weighted by molar-refractivity contribution is -0.191. The molecule has 9 aromatic carbocycles. The summed E-state index contributed by atoms with van der Waals surface area (Å²) in [7, 11) is 0. The zero-order valence-corrected chi connectivity index (χ0v) is 49.4. The lowest BCUT2D eigenvalue weighted by Gasteiger charge is -2.56. The number of hydrogen-bond donors (Lipinski definition) is 0. The molecule has 8 aliphatic rings. The zero-order chi connectivity index (χ0) is 57.7. The highest BCUT2D eigenvalue weighted by Crippen LogP contribution is 2.59. The van der Waals surface area contributed by atoms with E-state index in [0.717, 1.165) is 86.1 Å². The van der Waals surface area contributed by atoms with Crippen molar-refractivity contribution in [3.63, 3.8) is 0 Å². The number of hydrogen-bond acceptors (Lipinski definition) is 8. The van der Waals surface area contributed by atoms with Gasteiger partial charge in [-0.15, -0.1) is 0 Å². The maximum absolute atomic E-state index is 13.7. The third kappa shape index (κ3) is 10.1. The van der Waals surface area contributed by atoms with Crippen LogP contribution in [-0.4, -0.2) is 36.1 Å². The first-order valence-corrected chi connectivity index (χ1v) is 31.7. The van der Waals surface area contributed by atoms with E-state index < -0.39 is 0 Å². The quantitative estimate of drug-likeness (QED) is 0.0677. The van der Waals surface area contributed by atoms with Crippen molar-refractivity contribution in [2.24, 2.45) is 71.0 Å². The smallest absolute Gasteiger partial charge is 0.310 e. The summed E-state index contributed by atoms with van der Waals surface area (Å²) in [5.74, 6) is 2.57. The second-order valence-corrected chi connectivity index (χ2v) is 26.8. The van der Waals surface area contributed by atoms with Gasteiger partial charge in [-0.1, -0.05) is 100 Å². The number of fused-ring (bicyclic) bond motifs is 7. The van der Waals surface area contributed by atoms with Gasteiger partial charge in [-0.05, 0) is 285 Å². The Hall–Kier alpha value is -7.32. The van der Waals surface area contributed by atoms with Gasteiger partial charge in [-0.2, -0.15) is 0 Å². The lowest BCUT2D eigenvalue weighted by atomic mass is 9.50. The Morgan fingerprint density at radius 3 is 0.869 bits per heavy atom. The molecule has 0 spiro atoms. The van der Waals surface area contributed by atoms with E-state index in [1.807, 2.05) is 41.5 Å². The van der Waals surface area contributed by atoms with E-state index in [9.17, 15) is 19.2 Å². The van der Waals surface area contributed by atoms with Crippen LogP contribution in [0.5, 0.6) is 0 Å². The molecule has 4 unspecified atom stereocenters. The molecule has 8 fully saturated rings. The third-order valence-corrected chi connectivity index (χ3v) is 21.7. The Balaban J connectivity index is 0.000000150. The van der Waals surface area contributed by atoms with Crippen molar-refractivity contribution >= 4 is 99.3 Å². The third-order valence-electron chi connectivity index (χ3n) is 21.7. The summed E-state index contributed by atoms with van der Waals surface area (Å²) in [6, 6.07) is 52.5. The fourth-order valence-electron chi connectivity index (χ4n) is 17.0. The van der Waals surface area contributed by atoms with Gasteiger partial charge in [0, 0.05) is 0 Å². The topological polar surface area (TPSA) is 105 Å². The maximum atomic E-state index is 13.7. The molecule has 17 rings (SSSR count). The SMILES string of the molecule is CCC(C)C(=O)OC1C2CC3CC1CC(C2)C3C(=O)OC(C)c1ccc2cc3cc4cc5ccccc5cc4cc3cc2c1.CCC(C)C(=O)OC1C2CC3CC1CC(C2)C3C(=O)OC(C)c1ccc2cc3cc4ccccc4cc3cc2c1. The van der Waals surface area contributed by atoms with E-state index in [1.165, 1.54) is 64.6 Å². The van der Waals surface area contributed by atoms with Crippen molar-refractivity contribution in [2.45, 2.75) is 130 Å². The van der Waals surface area contributed by atoms with Gasteiger partial charge in [-0.25, -0.2) is 0 Å². The van der Waals surface area contributed by atoms with Crippen molar-refractivity contribution in [3.8, 4) is 0 Å². The molecule has 0 aromatic heterocycles. The van der Waals surface area contributed by atoms with Gasteiger partial charge < -0.3 is 18.9 Å². The molecule has 0 amide bonds. The molecule has 0 N–H and O–H groups in total. The minimum Gasteiger partial charge on any atom is -0.462 e. The van der Waals surface area contributed by atoms with Crippen molar-refractivity contribution in [3.05, 3.63) is 157 Å². The van der Waals surface area contributed by atoms with Gasteiger partial charge >= 0.3 is 23.9 Å². The van der Waals surface area contributed by atoms with Gasteiger partial charge in [-0.3, -0.25) is 19.2 Å². The molecule has 0 heterocycles. The maximum Gasteiger partial charge on any atom is 0.310 e. The highest BCUT2D eigenvalue weighted by molar-refractivity contribution is 6.08. The second-order valence-electron chi connectivity index (χ2n) is 26.8. The van der Waals surface area contributed by atoms with Gasteiger partial charge in [0.25, 0.3) is 0 Å². The summed E-state index contributed by atoms with van der Waals surface area (Å²) < 4.78 is 24.4. The van der Waals surface area contributed by atoms with Crippen molar-refractivity contribution in [1.29, 1.82) is 0 Å². The summed E-state index contributed by atoms with van der Waals surface area (Å²) in [6.07, 6.45) is 8.81. The van der Waals surface area contributed by atoms with E-state index in [-0.39, 0.29) is 72.0 Å². The van der Waals surface area contributed by atoms with Gasteiger partial charge in [0.1, 0.15) is 24.4 Å². The fraction of sp³-hybridized carbons (Fsp3) is 0.421. The molecule has 4 atom stereocenters. The summed E-state index contributed by atoms with van der Waals surface area (Å²) >= 11 is 0. The summed E-state index contributed by atoms with van der Waals surface area (Å²) in [4.78, 5) is 52.2. The second kappa shape index (κ2) is 21.9. The molecule has 8 aliphatic carbocycles. The van der Waals surface area contributed by atoms with E-state index in [0.29, 0.717) is 47.3 Å². The lowest BCUT2D eigenvalue weighted by Crippen LogP contribution is -2.56. The Bertz CT molecular complexity index is 4020.